The first-order chi connectivity index (χ1) is 6.16. The van der Waals surface area contributed by atoms with Crippen LogP contribution in [-0.2, 0) is 6.42 Å². The Balaban J connectivity index is 2.96. The number of benzene rings is 1. The first-order valence-corrected chi connectivity index (χ1v) is 4.93. The van der Waals surface area contributed by atoms with Crippen molar-refractivity contribution in [1.82, 2.24) is 5.32 Å². The monoisotopic (exact) mass is 197 g/mol. The number of hydrogen-bond donors (Lipinski definition) is 1. The van der Waals surface area contributed by atoms with Gasteiger partial charge in [-0.25, -0.2) is 0 Å². The zero-order chi connectivity index (χ0) is 9.84. The van der Waals surface area contributed by atoms with E-state index in [0.29, 0.717) is 0 Å². The lowest BCUT2D eigenvalue weighted by molar-refractivity contribution is 0.788. The van der Waals surface area contributed by atoms with E-state index in [1.165, 1.54) is 16.7 Å². The smallest absolute Gasteiger partial charge is 0.0470 e. The van der Waals surface area contributed by atoms with Gasteiger partial charge in [0, 0.05) is 5.02 Å². The Hall–Kier alpha value is -0.530. The summed E-state index contributed by atoms with van der Waals surface area (Å²) >= 11 is 6.21. The molecule has 1 rings (SSSR count). The highest BCUT2D eigenvalue weighted by molar-refractivity contribution is 6.32. The summed E-state index contributed by atoms with van der Waals surface area (Å²) in [5.74, 6) is 0. The molecule has 0 aliphatic carbocycles. The average Bonchev–Trinajstić information content (AvgIpc) is 2.12. The lowest BCUT2D eigenvalue weighted by Crippen LogP contribution is -2.11. The summed E-state index contributed by atoms with van der Waals surface area (Å²) in [6.45, 7) is 5.13. The molecule has 1 N–H and O–H groups in total. The minimum absolute atomic E-state index is 0.926. The van der Waals surface area contributed by atoms with Gasteiger partial charge in [0.05, 0.1) is 0 Å². The van der Waals surface area contributed by atoms with Crippen molar-refractivity contribution in [2.75, 3.05) is 13.6 Å². The van der Waals surface area contributed by atoms with Crippen LogP contribution in [0, 0.1) is 13.8 Å². The van der Waals surface area contributed by atoms with E-state index in [1.54, 1.807) is 0 Å². The molecule has 0 amide bonds. The maximum absolute atomic E-state index is 6.21. The summed E-state index contributed by atoms with van der Waals surface area (Å²) in [6.07, 6.45) is 1.00. The second-order valence-electron chi connectivity index (χ2n) is 3.35. The van der Waals surface area contributed by atoms with E-state index in [9.17, 15) is 0 Å². The fourth-order valence-electron chi connectivity index (χ4n) is 1.39. The number of rotatable bonds is 3. The minimum Gasteiger partial charge on any atom is -0.319 e. The van der Waals surface area contributed by atoms with Crippen molar-refractivity contribution in [3.8, 4) is 0 Å². The molecular formula is C11H16ClN. The molecule has 1 aromatic rings. The summed E-state index contributed by atoms with van der Waals surface area (Å²) in [7, 11) is 1.96. The van der Waals surface area contributed by atoms with Crippen LogP contribution in [0.1, 0.15) is 16.7 Å². The molecule has 0 saturated heterocycles. The van der Waals surface area contributed by atoms with E-state index in [-0.39, 0.29) is 0 Å². The number of aryl methyl sites for hydroxylation is 2. The van der Waals surface area contributed by atoms with Crippen LogP contribution >= 0.6 is 11.6 Å². The SMILES string of the molecule is CNCCc1c(C)ccc(C)c1Cl. The Morgan fingerprint density at radius 3 is 2.46 bits per heavy atom. The first-order valence-electron chi connectivity index (χ1n) is 4.56. The molecule has 0 fully saturated rings. The Labute approximate surface area is 85.1 Å². The zero-order valence-electron chi connectivity index (χ0n) is 8.45. The Kier molecular flexibility index (Phi) is 3.76. The maximum atomic E-state index is 6.21. The van der Waals surface area contributed by atoms with Crippen molar-refractivity contribution in [2.45, 2.75) is 20.3 Å². The van der Waals surface area contributed by atoms with Gasteiger partial charge < -0.3 is 5.32 Å². The molecule has 0 aliphatic rings. The van der Waals surface area contributed by atoms with Gasteiger partial charge in [-0.3, -0.25) is 0 Å². The van der Waals surface area contributed by atoms with E-state index >= 15 is 0 Å². The fraction of sp³-hybridized carbons (Fsp3) is 0.455. The van der Waals surface area contributed by atoms with E-state index in [4.69, 9.17) is 11.6 Å². The summed E-state index contributed by atoms with van der Waals surface area (Å²) in [5.41, 5.74) is 3.72. The summed E-state index contributed by atoms with van der Waals surface area (Å²) in [4.78, 5) is 0. The molecule has 2 heteroatoms. The predicted molar refractivity (Wildman–Crippen MR) is 58.6 cm³/mol. The van der Waals surface area contributed by atoms with Gasteiger partial charge in [-0.2, -0.15) is 0 Å². The van der Waals surface area contributed by atoms with Crippen LogP contribution in [-0.4, -0.2) is 13.6 Å². The molecule has 0 unspecified atom stereocenters. The Morgan fingerprint density at radius 1 is 1.23 bits per heavy atom. The van der Waals surface area contributed by atoms with Gasteiger partial charge >= 0.3 is 0 Å². The highest BCUT2D eigenvalue weighted by Crippen LogP contribution is 2.23. The molecular weight excluding hydrogens is 182 g/mol. The van der Waals surface area contributed by atoms with Crippen molar-refractivity contribution in [3.63, 3.8) is 0 Å². The highest BCUT2D eigenvalue weighted by atomic mass is 35.5. The van der Waals surface area contributed by atoms with Gasteiger partial charge in [0.15, 0.2) is 0 Å². The first kappa shape index (κ1) is 10.6. The lowest BCUT2D eigenvalue weighted by atomic mass is 10.0. The normalized spacial score (nSPS) is 10.5. The van der Waals surface area contributed by atoms with Crippen LogP contribution in [0.2, 0.25) is 5.02 Å². The van der Waals surface area contributed by atoms with E-state index < -0.39 is 0 Å². The van der Waals surface area contributed by atoms with Crippen LogP contribution in [0.5, 0.6) is 0 Å². The molecule has 0 heterocycles. The Bertz CT molecular complexity index is 294. The quantitative estimate of drug-likeness (QED) is 0.786. The molecule has 0 bridgehead atoms. The third-order valence-corrected chi connectivity index (χ3v) is 2.82. The standard InChI is InChI=1S/C11H16ClN/c1-8-4-5-9(2)11(12)10(8)6-7-13-3/h4-5,13H,6-7H2,1-3H3. The molecule has 0 spiro atoms. The molecule has 1 aromatic carbocycles. The molecule has 1 nitrogen and oxygen atoms in total. The summed E-state index contributed by atoms with van der Waals surface area (Å²) in [5, 5.41) is 4.06. The van der Waals surface area contributed by atoms with E-state index in [0.717, 1.165) is 18.0 Å². The van der Waals surface area contributed by atoms with Gasteiger partial charge in [0.25, 0.3) is 0 Å². The maximum Gasteiger partial charge on any atom is 0.0470 e. The third-order valence-electron chi connectivity index (χ3n) is 2.30. The van der Waals surface area contributed by atoms with Crippen molar-refractivity contribution in [2.24, 2.45) is 0 Å². The van der Waals surface area contributed by atoms with E-state index in [1.807, 2.05) is 14.0 Å². The molecule has 0 radical (unpaired) electrons. The molecule has 72 valence electrons. The largest absolute Gasteiger partial charge is 0.319 e. The van der Waals surface area contributed by atoms with Crippen molar-refractivity contribution >= 4 is 11.6 Å². The minimum atomic E-state index is 0.926. The topological polar surface area (TPSA) is 12.0 Å². The van der Waals surface area contributed by atoms with Gasteiger partial charge in [0.2, 0.25) is 0 Å². The van der Waals surface area contributed by atoms with Crippen molar-refractivity contribution in [1.29, 1.82) is 0 Å². The number of halogens is 1. The van der Waals surface area contributed by atoms with Gasteiger partial charge in [-0.05, 0) is 50.6 Å². The molecule has 0 atom stereocenters. The lowest BCUT2D eigenvalue weighted by Gasteiger charge is -2.10. The van der Waals surface area contributed by atoms with Crippen LogP contribution in [0.25, 0.3) is 0 Å². The average molecular weight is 198 g/mol. The van der Waals surface area contributed by atoms with Crippen LogP contribution in [0.15, 0.2) is 12.1 Å². The number of nitrogens with one attached hydrogen (secondary N) is 1. The van der Waals surface area contributed by atoms with Crippen LogP contribution in [0.4, 0.5) is 0 Å². The second-order valence-corrected chi connectivity index (χ2v) is 3.72. The predicted octanol–water partition coefficient (Wildman–Crippen LogP) is 2.72. The van der Waals surface area contributed by atoms with Gasteiger partial charge in [0.1, 0.15) is 0 Å². The number of hydrogen-bond acceptors (Lipinski definition) is 1. The molecule has 0 saturated carbocycles. The van der Waals surface area contributed by atoms with Crippen molar-refractivity contribution < 1.29 is 0 Å². The Morgan fingerprint density at radius 2 is 1.85 bits per heavy atom. The number of likely N-dealkylation sites (N-methyl/N-ethyl adjacent to an activating group) is 1. The van der Waals surface area contributed by atoms with E-state index in [2.05, 4.69) is 24.4 Å². The third kappa shape index (κ3) is 2.45. The second kappa shape index (κ2) is 4.64. The van der Waals surface area contributed by atoms with Gasteiger partial charge in [-0.1, -0.05) is 23.7 Å². The summed E-state index contributed by atoms with van der Waals surface area (Å²) in [6, 6.07) is 4.20. The fourth-order valence-corrected chi connectivity index (χ4v) is 1.70. The molecule has 0 aromatic heterocycles. The molecule has 0 aliphatic heterocycles. The zero-order valence-corrected chi connectivity index (χ0v) is 9.20. The highest BCUT2D eigenvalue weighted by Gasteiger charge is 2.05. The van der Waals surface area contributed by atoms with Gasteiger partial charge in [-0.15, -0.1) is 0 Å². The molecule has 13 heavy (non-hydrogen) atoms. The van der Waals surface area contributed by atoms with Crippen LogP contribution < -0.4 is 5.32 Å². The van der Waals surface area contributed by atoms with Crippen molar-refractivity contribution in [3.05, 3.63) is 33.8 Å². The summed E-state index contributed by atoms with van der Waals surface area (Å²) < 4.78 is 0. The van der Waals surface area contributed by atoms with Crippen LogP contribution in [0.3, 0.4) is 0 Å².